The predicted molar refractivity (Wildman–Crippen MR) is 76.3 cm³/mol. The molecule has 0 radical (unpaired) electrons. The van der Waals surface area contributed by atoms with E-state index in [4.69, 9.17) is 16.3 Å². The Morgan fingerprint density at radius 2 is 2.00 bits per heavy atom. The lowest BCUT2D eigenvalue weighted by atomic mass is 10.1. The van der Waals surface area contributed by atoms with Crippen LogP contribution in [-0.4, -0.2) is 5.11 Å². The highest BCUT2D eigenvalue weighted by atomic mass is 79.9. The van der Waals surface area contributed by atoms with E-state index in [9.17, 15) is 9.50 Å². The Kier molecular flexibility index (Phi) is 4.45. The molecule has 0 saturated carbocycles. The topological polar surface area (TPSA) is 29.5 Å². The van der Waals surface area contributed by atoms with Crippen LogP contribution in [0, 0.1) is 5.82 Å². The number of ether oxygens (including phenoxy) is 1. The van der Waals surface area contributed by atoms with Gasteiger partial charge in [0.15, 0.2) is 11.6 Å². The van der Waals surface area contributed by atoms with Crippen molar-refractivity contribution in [1.29, 1.82) is 0 Å². The minimum Gasteiger partial charge on any atom is -0.454 e. The first-order valence-electron chi connectivity index (χ1n) is 5.58. The van der Waals surface area contributed by atoms with Crippen LogP contribution in [0.1, 0.15) is 18.6 Å². The smallest absolute Gasteiger partial charge is 0.165 e. The van der Waals surface area contributed by atoms with E-state index in [2.05, 4.69) is 15.9 Å². The van der Waals surface area contributed by atoms with Crippen LogP contribution in [0.15, 0.2) is 40.9 Å². The zero-order valence-electron chi connectivity index (χ0n) is 10.0. The van der Waals surface area contributed by atoms with Gasteiger partial charge in [0.2, 0.25) is 0 Å². The number of hydrogen-bond donors (Lipinski definition) is 1. The summed E-state index contributed by atoms with van der Waals surface area (Å²) in [7, 11) is 0. The Morgan fingerprint density at radius 1 is 1.26 bits per heavy atom. The van der Waals surface area contributed by atoms with E-state index < -0.39 is 11.9 Å². The number of benzene rings is 2. The van der Waals surface area contributed by atoms with Crippen molar-refractivity contribution in [3.63, 3.8) is 0 Å². The van der Waals surface area contributed by atoms with Gasteiger partial charge in [0, 0.05) is 4.47 Å². The standard InChI is InChI=1S/C14H11BrClFO2/c1-8(18)11-4-3-10(7-12(11)16)19-14-6-9(15)2-5-13(14)17/h2-8,18H,1H3. The van der Waals surface area contributed by atoms with Gasteiger partial charge in [-0.2, -0.15) is 0 Å². The summed E-state index contributed by atoms with van der Waals surface area (Å²) in [6, 6.07) is 9.26. The molecule has 2 aromatic carbocycles. The molecule has 0 amide bonds. The minimum absolute atomic E-state index is 0.107. The Labute approximate surface area is 123 Å². The predicted octanol–water partition coefficient (Wildman–Crippen LogP) is 5.09. The molecular formula is C14H11BrClFO2. The molecule has 19 heavy (non-hydrogen) atoms. The van der Waals surface area contributed by atoms with Gasteiger partial charge in [-0.15, -0.1) is 0 Å². The lowest BCUT2D eigenvalue weighted by molar-refractivity contribution is 0.199. The molecule has 2 aromatic rings. The molecule has 1 atom stereocenters. The maximum atomic E-state index is 13.5. The fourth-order valence-corrected chi connectivity index (χ4v) is 2.26. The number of rotatable bonds is 3. The molecule has 2 nitrogen and oxygen atoms in total. The maximum Gasteiger partial charge on any atom is 0.165 e. The third kappa shape index (κ3) is 3.47. The molecule has 0 spiro atoms. The van der Waals surface area contributed by atoms with Crippen molar-refractivity contribution in [2.45, 2.75) is 13.0 Å². The third-order valence-electron chi connectivity index (χ3n) is 2.54. The molecule has 100 valence electrons. The average molecular weight is 346 g/mol. The van der Waals surface area contributed by atoms with Crippen LogP contribution < -0.4 is 4.74 Å². The molecule has 0 aliphatic rings. The number of hydrogen-bond acceptors (Lipinski definition) is 2. The van der Waals surface area contributed by atoms with E-state index in [1.807, 2.05) is 0 Å². The van der Waals surface area contributed by atoms with Gasteiger partial charge in [0.25, 0.3) is 0 Å². The average Bonchev–Trinajstić information content (AvgIpc) is 2.33. The molecule has 0 fully saturated rings. The minimum atomic E-state index is -0.663. The quantitative estimate of drug-likeness (QED) is 0.840. The zero-order chi connectivity index (χ0) is 14.0. The highest BCUT2D eigenvalue weighted by molar-refractivity contribution is 9.10. The molecule has 5 heteroatoms. The summed E-state index contributed by atoms with van der Waals surface area (Å²) in [5.74, 6) is 0.0561. The molecular weight excluding hydrogens is 335 g/mol. The van der Waals surface area contributed by atoms with Gasteiger partial charge >= 0.3 is 0 Å². The van der Waals surface area contributed by atoms with Gasteiger partial charge in [0.05, 0.1) is 11.1 Å². The van der Waals surface area contributed by atoms with Crippen LogP contribution in [0.4, 0.5) is 4.39 Å². The highest BCUT2D eigenvalue weighted by Crippen LogP contribution is 2.32. The first kappa shape index (κ1) is 14.3. The SMILES string of the molecule is CC(O)c1ccc(Oc2cc(Br)ccc2F)cc1Cl. The van der Waals surface area contributed by atoms with E-state index in [0.717, 1.165) is 4.47 Å². The van der Waals surface area contributed by atoms with E-state index >= 15 is 0 Å². The second kappa shape index (κ2) is 5.90. The van der Waals surface area contributed by atoms with Gasteiger partial charge in [-0.25, -0.2) is 4.39 Å². The second-order valence-corrected chi connectivity index (χ2v) is 5.36. The second-order valence-electron chi connectivity index (χ2n) is 4.04. The van der Waals surface area contributed by atoms with E-state index in [-0.39, 0.29) is 5.75 Å². The first-order chi connectivity index (χ1) is 8.97. The molecule has 0 saturated heterocycles. The molecule has 0 aromatic heterocycles. The molecule has 1 unspecified atom stereocenters. The summed E-state index contributed by atoms with van der Waals surface area (Å²) in [6.45, 7) is 1.62. The lowest BCUT2D eigenvalue weighted by Crippen LogP contribution is -1.94. The van der Waals surface area contributed by atoms with Gasteiger partial charge in [-0.1, -0.05) is 33.6 Å². The zero-order valence-corrected chi connectivity index (χ0v) is 12.4. The first-order valence-corrected chi connectivity index (χ1v) is 6.75. The van der Waals surface area contributed by atoms with Gasteiger partial charge in [-0.05, 0) is 42.8 Å². The molecule has 0 heterocycles. The van der Waals surface area contributed by atoms with E-state index in [1.54, 1.807) is 31.2 Å². The molecule has 0 aliphatic heterocycles. The largest absolute Gasteiger partial charge is 0.454 e. The number of aliphatic hydroxyl groups is 1. The van der Waals surface area contributed by atoms with Crippen molar-refractivity contribution < 1.29 is 14.2 Å². The van der Waals surface area contributed by atoms with Crippen molar-refractivity contribution in [3.05, 3.63) is 57.3 Å². The molecule has 0 bridgehead atoms. The normalized spacial score (nSPS) is 12.3. The van der Waals surface area contributed by atoms with Crippen molar-refractivity contribution in [3.8, 4) is 11.5 Å². The van der Waals surface area contributed by atoms with Crippen LogP contribution in [0.3, 0.4) is 0 Å². The van der Waals surface area contributed by atoms with Crippen molar-refractivity contribution in [1.82, 2.24) is 0 Å². The fourth-order valence-electron chi connectivity index (χ4n) is 1.59. The maximum absolute atomic E-state index is 13.5. The van der Waals surface area contributed by atoms with Gasteiger partial charge < -0.3 is 9.84 Å². The van der Waals surface area contributed by atoms with E-state index in [1.165, 1.54) is 12.1 Å². The van der Waals surface area contributed by atoms with Crippen LogP contribution >= 0.6 is 27.5 Å². The van der Waals surface area contributed by atoms with Crippen molar-refractivity contribution >= 4 is 27.5 Å². The van der Waals surface area contributed by atoms with Crippen LogP contribution in [0.25, 0.3) is 0 Å². The Balaban J connectivity index is 2.29. The number of halogens is 3. The number of aliphatic hydroxyl groups excluding tert-OH is 1. The summed E-state index contributed by atoms with van der Waals surface area (Å²) in [5.41, 5.74) is 0.601. The van der Waals surface area contributed by atoms with Crippen LogP contribution in [0.5, 0.6) is 11.5 Å². The van der Waals surface area contributed by atoms with E-state index in [0.29, 0.717) is 16.3 Å². The Bertz CT molecular complexity index is 602. The summed E-state index contributed by atoms with van der Waals surface area (Å²) >= 11 is 9.27. The third-order valence-corrected chi connectivity index (χ3v) is 3.36. The fraction of sp³-hybridized carbons (Fsp3) is 0.143. The van der Waals surface area contributed by atoms with Crippen LogP contribution in [-0.2, 0) is 0 Å². The van der Waals surface area contributed by atoms with Crippen LogP contribution in [0.2, 0.25) is 5.02 Å². The lowest BCUT2D eigenvalue weighted by Gasteiger charge is -2.11. The van der Waals surface area contributed by atoms with Gasteiger partial charge in [-0.3, -0.25) is 0 Å². The Hall–Kier alpha value is -1.10. The monoisotopic (exact) mass is 344 g/mol. The molecule has 1 N–H and O–H groups in total. The van der Waals surface area contributed by atoms with Gasteiger partial charge in [0.1, 0.15) is 5.75 Å². The summed E-state index contributed by atoms with van der Waals surface area (Å²) in [4.78, 5) is 0. The van der Waals surface area contributed by atoms with Crippen molar-refractivity contribution in [2.24, 2.45) is 0 Å². The Morgan fingerprint density at radius 3 is 2.63 bits per heavy atom. The molecule has 2 rings (SSSR count). The highest BCUT2D eigenvalue weighted by Gasteiger charge is 2.10. The summed E-state index contributed by atoms with van der Waals surface area (Å²) < 4.78 is 19.7. The summed E-state index contributed by atoms with van der Waals surface area (Å²) in [6.07, 6.45) is -0.663. The molecule has 0 aliphatic carbocycles. The van der Waals surface area contributed by atoms with Crippen molar-refractivity contribution in [2.75, 3.05) is 0 Å². The summed E-state index contributed by atoms with van der Waals surface area (Å²) in [5, 5.41) is 9.85.